The van der Waals surface area contributed by atoms with Crippen molar-refractivity contribution < 1.29 is 17.9 Å². The number of ether oxygens (including phenoxy) is 1. The van der Waals surface area contributed by atoms with Gasteiger partial charge >= 0.3 is 0 Å². The maximum Gasteiger partial charge on any atom is 0.280 e. The van der Waals surface area contributed by atoms with E-state index >= 15 is 0 Å². The van der Waals surface area contributed by atoms with Crippen molar-refractivity contribution in [2.75, 3.05) is 7.11 Å². The van der Waals surface area contributed by atoms with Gasteiger partial charge in [0.15, 0.2) is 11.6 Å². The Balaban J connectivity index is 2.16. The zero-order chi connectivity index (χ0) is 16.6. The molecule has 1 aromatic heterocycles. The zero-order valence-corrected chi connectivity index (χ0v) is 12.0. The molecule has 118 valence electrons. The van der Waals surface area contributed by atoms with Gasteiger partial charge in [0.1, 0.15) is 11.6 Å². The van der Waals surface area contributed by atoms with E-state index in [4.69, 9.17) is 4.74 Å². The van der Waals surface area contributed by atoms with Gasteiger partial charge in [-0.1, -0.05) is 0 Å². The van der Waals surface area contributed by atoms with Gasteiger partial charge in [0.05, 0.1) is 24.3 Å². The number of fused-ring (bicyclic) bond motifs is 1. The number of hydrogen-bond donors (Lipinski definition) is 0. The molecular formula is C16H11F3N2O2. The molecule has 1 heterocycles. The Morgan fingerprint density at radius 1 is 1.09 bits per heavy atom. The maximum atomic E-state index is 13.9. The van der Waals surface area contributed by atoms with E-state index in [0.717, 1.165) is 24.3 Å². The lowest BCUT2D eigenvalue weighted by molar-refractivity contribution is 0.387. The van der Waals surface area contributed by atoms with Crippen molar-refractivity contribution in [1.29, 1.82) is 0 Å². The molecule has 0 unspecified atom stereocenters. The Hall–Kier alpha value is -2.83. The third kappa shape index (κ3) is 2.90. The highest BCUT2D eigenvalue weighted by Crippen LogP contribution is 2.23. The molecule has 0 aliphatic heterocycles. The number of benzene rings is 2. The number of aromatic nitrogens is 2. The van der Waals surface area contributed by atoms with Crippen LogP contribution in [0.25, 0.3) is 10.9 Å². The van der Waals surface area contributed by atoms with Crippen molar-refractivity contribution in [3.8, 4) is 5.75 Å². The fraction of sp³-hybridized carbons (Fsp3) is 0.125. The smallest absolute Gasteiger partial charge is 0.280 e. The van der Waals surface area contributed by atoms with E-state index in [0.29, 0.717) is 5.56 Å². The summed E-state index contributed by atoms with van der Waals surface area (Å²) in [6, 6.07) is 5.46. The van der Waals surface area contributed by atoms with Gasteiger partial charge in [-0.15, -0.1) is 0 Å². The largest absolute Gasteiger partial charge is 0.494 e. The molecule has 7 heteroatoms. The summed E-state index contributed by atoms with van der Waals surface area (Å²) in [4.78, 5) is 15.5. The second-order valence-corrected chi connectivity index (χ2v) is 4.96. The van der Waals surface area contributed by atoms with E-state index in [1.165, 1.54) is 24.1 Å². The van der Waals surface area contributed by atoms with Crippen molar-refractivity contribution in [1.82, 2.24) is 9.55 Å². The molecule has 0 aliphatic carbocycles. The molecular weight excluding hydrogens is 309 g/mol. The fourth-order valence-corrected chi connectivity index (χ4v) is 2.39. The highest BCUT2D eigenvalue weighted by Gasteiger charge is 2.11. The average Bonchev–Trinajstić information content (AvgIpc) is 2.49. The highest BCUT2D eigenvalue weighted by atomic mass is 19.1. The van der Waals surface area contributed by atoms with Crippen LogP contribution in [0.4, 0.5) is 13.2 Å². The SMILES string of the molecule is COc1cc2c(=O)ncn(Cc3cc(F)cc(F)c3)c2cc1F. The average molecular weight is 320 g/mol. The molecule has 0 amide bonds. The van der Waals surface area contributed by atoms with Crippen LogP contribution < -0.4 is 10.3 Å². The van der Waals surface area contributed by atoms with Crippen LogP contribution in [0.3, 0.4) is 0 Å². The lowest BCUT2D eigenvalue weighted by atomic mass is 10.2. The van der Waals surface area contributed by atoms with Crippen LogP contribution in [0.2, 0.25) is 0 Å². The van der Waals surface area contributed by atoms with Crippen LogP contribution in [-0.4, -0.2) is 16.7 Å². The summed E-state index contributed by atoms with van der Waals surface area (Å²) in [5, 5.41) is 0.155. The zero-order valence-electron chi connectivity index (χ0n) is 12.0. The first-order valence-electron chi connectivity index (χ1n) is 6.65. The quantitative estimate of drug-likeness (QED) is 0.745. The molecule has 0 radical (unpaired) electrons. The van der Waals surface area contributed by atoms with Crippen molar-refractivity contribution in [3.05, 3.63) is 70.0 Å². The van der Waals surface area contributed by atoms with Gasteiger partial charge in [-0.2, -0.15) is 4.98 Å². The standard InChI is InChI=1S/C16H11F3N2O2/c1-23-15-5-12-14(6-13(15)19)21(8-20-16(12)22)7-9-2-10(17)4-11(18)3-9/h2-6,8H,7H2,1H3. The van der Waals surface area contributed by atoms with Gasteiger partial charge in [-0.05, 0) is 23.8 Å². The van der Waals surface area contributed by atoms with E-state index in [2.05, 4.69) is 4.98 Å². The molecule has 23 heavy (non-hydrogen) atoms. The number of hydrogen-bond acceptors (Lipinski definition) is 3. The third-order valence-electron chi connectivity index (χ3n) is 3.40. The van der Waals surface area contributed by atoms with Crippen molar-refractivity contribution in [2.24, 2.45) is 0 Å². The van der Waals surface area contributed by atoms with Gasteiger partial charge < -0.3 is 9.30 Å². The van der Waals surface area contributed by atoms with Crippen LogP contribution >= 0.6 is 0 Å². The van der Waals surface area contributed by atoms with E-state index in [1.54, 1.807) is 0 Å². The van der Waals surface area contributed by atoms with E-state index in [1.807, 2.05) is 0 Å². The lowest BCUT2D eigenvalue weighted by Gasteiger charge is -2.12. The minimum absolute atomic E-state index is 0.0320. The monoisotopic (exact) mass is 320 g/mol. The minimum Gasteiger partial charge on any atom is -0.494 e. The van der Waals surface area contributed by atoms with Crippen molar-refractivity contribution in [3.63, 3.8) is 0 Å². The second-order valence-electron chi connectivity index (χ2n) is 4.96. The summed E-state index contributed by atoms with van der Waals surface area (Å²) >= 11 is 0. The highest BCUT2D eigenvalue weighted by molar-refractivity contribution is 5.80. The summed E-state index contributed by atoms with van der Waals surface area (Å²) in [6.07, 6.45) is 1.21. The first kappa shape index (κ1) is 15.1. The Morgan fingerprint density at radius 2 is 1.78 bits per heavy atom. The van der Waals surface area contributed by atoms with Crippen LogP contribution in [0.1, 0.15) is 5.56 Å². The predicted octanol–water partition coefficient (Wildman–Crippen LogP) is 2.87. The van der Waals surface area contributed by atoms with E-state index in [-0.39, 0.29) is 23.2 Å². The Morgan fingerprint density at radius 3 is 2.43 bits per heavy atom. The molecule has 0 fully saturated rings. The number of methoxy groups -OCH3 is 1. The predicted molar refractivity (Wildman–Crippen MR) is 78.0 cm³/mol. The second kappa shape index (κ2) is 5.75. The van der Waals surface area contributed by atoms with Crippen LogP contribution in [0.15, 0.2) is 41.5 Å². The van der Waals surface area contributed by atoms with Crippen LogP contribution in [-0.2, 0) is 6.54 Å². The molecule has 0 saturated carbocycles. The Bertz CT molecular complexity index is 934. The molecule has 2 aromatic carbocycles. The number of nitrogens with zero attached hydrogens (tertiary/aromatic N) is 2. The van der Waals surface area contributed by atoms with E-state index in [9.17, 15) is 18.0 Å². The molecule has 0 bridgehead atoms. The lowest BCUT2D eigenvalue weighted by Crippen LogP contribution is -2.14. The number of rotatable bonds is 3. The van der Waals surface area contributed by atoms with Gasteiger partial charge in [0.2, 0.25) is 0 Å². The topological polar surface area (TPSA) is 44.1 Å². The summed E-state index contributed by atoms with van der Waals surface area (Å²) in [5.41, 5.74) is 0.0402. The van der Waals surface area contributed by atoms with Crippen LogP contribution in [0, 0.1) is 17.5 Å². The molecule has 0 N–H and O–H groups in total. The summed E-state index contributed by atoms with van der Waals surface area (Å²) < 4.78 is 46.8. The molecule has 4 nitrogen and oxygen atoms in total. The first-order chi connectivity index (χ1) is 11.0. The first-order valence-corrected chi connectivity index (χ1v) is 6.65. The minimum atomic E-state index is -0.717. The molecule has 3 rings (SSSR count). The van der Waals surface area contributed by atoms with E-state index < -0.39 is 23.0 Å². The van der Waals surface area contributed by atoms with Gasteiger partial charge in [-0.25, -0.2) is 13.2 Å². The van der Waals surface area contributed by atoms with Gasteiger partial charge in [0.25, 0.3) is 5.56 Å². The van der Waals surface area contributed by atoms with Gasteiger partial charge in [0, 0.05) is 18.7 Å². The fourth-order valence-electron chi connectivity index (χ4n) is 2.39. The summed E-state index contributed by atoms with van der Waals surface area (Å²) in [7, 11) is 1.29. The summed E-state index contributed by atoms with van der Waals surface area (Å²) in [5.74, 6) is -2.16. The maximum absolute atomic E-state index is 13.9. The number of halogens is 3. The third-order valence-corrected chi connectivity index (χ3v) is 3.40. The normalized spacial score (nSPS) is 11.0. The molecule has 0 spiro atoms. The summed E-state index contributed by atoms with van der Waals surface area (Å²) in [6.45, 7) is 0.0320. The van der Waals surface area contributed by atoms with Crippen molar-refractivity contribution in [2.45, 2.75) is 6.54 Å². The van der Waals surface area contributed by atoms with Crippen molar-refractivity contribution >= 4 is 10.9 Å². The Kier molecular flexibility index (Phi) is 3.77. The van der Waals surface area contributed by atoms with Gasteiger partial charge in [-0.3, -0.25) is 4.79 Å². The molecule has 0 atom stereocenters. The Labute approximate surface area is 128 Å². The molecule has 3 aromatic rings. The van der Waals surface area contributed by atoms with Crippen LogP contribution in [0.5, 0.6) is 5.75 Å². The molecule has 0 aliphatic rings. The molecule has 0 saturated heterocycles.